The van der Waals surface area contributed by atoms with Crippen molar-refractivity contribution in [3.63, 3.8) is 0 Å². The fourth-order valence-electron chi connectivity index (χ4n) is 0.825. The van der Waals surface area contributed by atoms with Crippen molar-refractivity contribution >= 4 is 5.71 Å². The third-order valence-corrected chi connectivity index (χ3v) is 1.70. The van der Waals surface area contributed by atoms with E-state index < -0.39 is 0 Å². The van der Waals surface area contributed by atoms with E-state index in [4.69, 9.17) is 0 Å². The van der Waals surface area contributed by atoms with Crippen LogP contribution in [0.2, 0.25) is 0 Å². The van der Waals surface area contributed by atoms with Crippen LogP contribution in [0.5, 0.6) is 0 Å². The zero-order valence-electron chi connectivity index (χ0n) is 8.76. The summed E-state index contributed by atoms with van der Waals surface area (Å²) in [6.07, 6.45) is 0. The van der Waals surface area contributed by atoms with Crippen molar-refractivity contribution < 1.29 is 0 Å². The first-order chi connectivity index (χ1) is 5.49. The molecule has 12 heavy (non-hydrogen) atoms. The van der Waals surface area contributed by atoms with Crippen molar-refractivity contribution in [2.45, 2.75) is 13.8 Å². The molecule has 0 aliphatic rings. The summed E-state index contributed by atoms with van der Waals surface area (Å²) in [6.45, 7) is 8.96. The van der Waals surface area contributed by atoms with E-state index in [0.717, 1.165) is 18.0 Å². The predicted octanol–water partition coefficient (Wildman–Crippen LogP) is 1.39. The van der Waals surface area contributed by atoms with Crippen LogP contribution in [-0.4, -0.2) is 43.3 Å². The molecule has 0 rings (SSSR count). The van der Waals surface area contributed by atoms with Gasteiger partial charge in [-0.1, -0.05) is 6.58 Å². The standard InChI is InChI=1S/C9H19N3/c1-7-12(6)9(3)8(2)10-11(4)5/h3,7H2,1-2,4-6H3. The normalized spacial score (nSPS) is 11.2. The summed E-state index contributed by atoms with van der Waals surface area (Å²) in [5.41, 5.74) is 1.94. The molecular weight excluding hydrogens is 150 g/mol. The van der Waals surface area contributed by atoms with Crippen LogP contribution in [0.25, 0.3) is 0 Å². The topological polar surface area (TPSA) is 18.8 Å². The molecule has 3 nitrogen and oxygen atoms in total. The summed E-state index contributed by atoms with van der Waals surface area (Å²) >= 11 is 0. The molecule has 0 aliphatic heterocycles. The lowest BCUT2D eigenvalue weighted by molar-refractivity contribution is 0.427. The van der Waals surface area contributed by atoms with Crippen LogP contribution in [0.15, 0.2) is 17.4 Å². The van der Waals surface area contributed by atoms with Crippen molar-refractivity contribution in [2.24, 2.45) is 5.10 Å². The Labute approximate surface area is 75.4 Å². The van der Waals surface area contributed by atoms with Gasteiger partial charge in [0.2, 0.25) is 0 Å². The zero-order chi connectivity index (χ0) is 9.72. The molecule has 0 saturated carbocycles. The Hall–Kier alpha value is -0.990. The van der Waals surface area contributed by atoms with Gasteiger partial charge in [-0.25, -0.2) is 0 Å². The lowest BCUT2D eigenvalue weighted by Crippen LogP contribution is -2.22. The van der Waals surface area contributed by atoms with Gasteiger partial charge in [-0.15, -0.1) is 0 Å². The second kappa shape index (κ2) is 4.80. The summed E-state index contributed by atoms with van der Waals surface area (Å²) in [5, 5.41) is 6.04. The third kappa shape index (κ3) is 3.42. The molecule has 0 unspecified atom stereocenters. The highest BCUT2D eigenvalue weighted by Crippen LogP contribution is 2.00. The van der Waals surface area contributed by atoms with Gasteiger partial charge in [0.1, 0.15) is 0 Å². The summed E-state index contributed by atoms with van der Waals surface area (Å²) in [6, 6.07) is 0. The van der Waals surface area contributed by atoms with Crippen LogP contribution in [0, 0.1) is 0 Å². The van der Waals surface area contributed by atoms with Crippen LogP contribution in [0.1, 0.15) is 13.8 Å². The molecule has 0 spiro atoms. The molecule has 0 amide bonds. The fourth-order valence-corrected chi connectivity index (χ4v) is 0.825. The minimum Gasteiger partial charge on any atom is -0.374 e. The zero-order valence-corrected chi connectivity index (χ0v) is 8.76. The number of hydrazone groups is 1. The molecule has 0 heterocycles. The maximum absolute atomic E-state index is 4.26. The summed E-state index contributed by atoms with van der Waals surface area (Å²) in [5.74, 6) is 0. The van der Waals surface area contributed by atoms with Gasteiger partial charge in [-0.05, 0) is 13.8 Å². The van der Waals surface area contributed by atoms with Gasteiger partial charge in [-0.3, -0.25) is 0 Å². The maximum Gasteiger partial charge on any atom is 0.0800 e. The molecule has 0 atom stereocenters. The van der Waals surface area contributed by atoms with E-state index in [1.807, 2.05) is 28.1 Å². The van der Waals surface area contributed by atoms with E-state index >= 15 is 0 Å². The summed E-state index contributed by atoms with van der Waals surface area (Å²) in [4.78, 5) is 2.07. The van der Waals surface area contributed by atoms with E-state index in [1.54, 1.807) is 5.01 Å². The van der Waals surface area contributed by atoms with Crippen molar-refractivity contribution in [2.75, 3.05) is 27.7 Å². The van der Waals surface area contributed by atoms with E-state index in [1.165, 1.54) is 0 Å². The second-order valence-corrected chi connectivity index (χ2v) is 2.99. The molecule has 0 N–H and O–H groups in total. The molecule has 0 saturated heterocycles. The molecule has 0 fully saturated rings. The van der Waals surface area contributed by atoms with Gasteiger partial charge in [-0.2, -0.15) is 5.10 Å². The lowest BCUT2D eigenvalue weighted by atomic mass is 10.3. The second-order valence-electron chi connectivity index (χ2n) is 2.99. The van der Waals surface area contributed by atoms with Gasteiger partial charge in [0, 0.05) is 27.7 Å². The van der Waals surface area contributed by atoms with E-state index in [9.17, 15) is 0 Å². The Balaban J connectivity index is 4.28. The van der Waals surface area contributed by atoms with Gasteiger partial charge < -0.3 is 9.91 Å². The molecule has 70 valence electrons. The molecule has 0 aromatic heterocycles. The quantitative estimate of drug-likeness (QED) is 0.468. The third-order valence-electron chi connectivity index (χ3n) is 1.70. The first-order valence-electron chi connectivity index (χ1n) is 4.12. The lowest BCUT2D eigenvalue weighted by Gasteiger charge is -2.20. The Kier molecular flexibility index (Phi) is 4.40. The van der Waals surface area contributed by atoms with Crippen LogP contribution < -0.4 is 0 Å². The van der Waals surface area contributed by atoms with Crippen LogP contribution in [-0.2, 0) is 0 Å². The summed E-state index contributed by atoms with van der Waals surface area (Å²) in [7, 11) is 5.82. The first-order valence-corrected chi connectivity index (χ1v) is 4.12. The highest BCUT2D eigenvalue weighted by atomic mass is 15.4. The molecule has 3 heteroatoms. The number of rotatable bonds is 4. The predicted molar refractivity (Wildman–Crippen MR) is 54.2 cm³/mol. The van der Waals surface area contributed by atoms with E-state index in [-0.39, 0.29) is 0 Å². The smallest absolute Gasteiger partial charge is 0.0800 e. The van der Waals surface area contributed by atoms with Gasteiger partial charge in [0.05, 0.1) is 11.4 Å². The number of hydrogen-bond donors (Lipinski definition) is 0. The number of nitrogens with zero attached hydrogens (tertiary/aromatic N) is 3. The van der Waals surface area contributed by atoms with Gasteiger partial charge in [0.15, 0.2) is 0 Å². The van der Waals surface area contributed by atoms with E-state index in [0.29, 0.717) is 0 Å². The minimum absolute atomic E-state index is 0.957. The molecule has 0 aromatic carbocycles. The molecule has 0 radical (unpaired) electrons. The van der Waals surface area contributed by atoms with E-state index in [2.05, 4.69) is 23.5 Å². The molecular formula is C9H19N3. The van der Waals surface area contributed by atoms with Crippen molar-refractivity contribution in [1.82, 2.24) is 9.91 Å². The number of hydrogen-bond acceptors (Lipinski definition) is 3. The Morgan fingerprint density at radius 2 is 1.83 bits per heavy atom. The van der Waals surface area contributed by atoms with Crippen molar-refractivity contribution in [3.05, 3.63) is 12.3 Å². The average molecular weight is 169 g/mol. The molecule has 0 aliphatic carbocycles. The average Bonchev–Trinajstić information content (AvgIpc) is 2.00. The summed E-state index contributed by atoms with van der Waals surface area (Å²) < 4.78 is 0. The first kappa shape index (κ1) is 11.0. The minimum atomic E-state index is 0.957. The van der Waals surface area contributed by atoms with Crippen molar-refractivity contribution in [3.8, 4) is 0 Å². The Morgan fingerprint density at radius 1 is 1.33 bits per heavy atom. The SMILES string of the molecule is C=C(C(C)=NN(C)C)N(C)CC. The number of allylic oxidation sites excluding steroid dienone is 1. The van der Waals surface area contributed by atoms with Gasteiger partial charge in [0.25, 0.3) is 0 Å². The highest BCUT2D eigenvalue weighted by Gasteiger charge is 2.02. The monoisotopic (exact) mass is 169 g/mol. The molecule has 0 aromatic rings. The Bertz CT molecular complexity index is 182. The largest absolute Gasteiger partial charge is 0.374 e. The fraction of sp³-hybridized carbons (Fsp3) is 0.667. The van der Waals surface area contributed by atoms with Gasteiger partial charge >= 0.3 is 0 Å². The Morgan fingerprint density at radius 3 is 2.17 bits per heavy atom. The van der Waals surface area contributed by atoms with Crippen LogP contribution in [0.4, 0.5) is 0 Å². The highest BCUT2D eigenvalue weighted by molar-refractivity contribution is 5.96. The van der Waals surface area contributed by atoms with Crippen LogP contribution >= 0.6 is 0 Å². The maximum atomic E-state index is 4.26. The van der Waals surface area contributed by atoms with Crippen LogP contribution in [0.3, 0.4) is 0 Å². The molecule has 0 bridgehead atoms. The van der Waals surface area contributed by atoms with Crippen molar-refractivity contribution in [1.29, 1.82) is 0 Å².